The van der Waals surface area contributed by atoms with Crippen molar-refractivity contribution in [2.24, 2.45) is 0 Å². The predicted octanol–water partition coefficient (Wildman–Crippen LogP) is 2.53. The first-order valence-electron chi connectivity index (χ1n) is 4.29. The zero-order valence-electron chi connectivity index (χ0n) is 7.73. The Kier molecular flexibility index (Phi) is 3.52. The van der Waals surface area contributed by atoms with Gasteiger partial charge in [0.25, 0.3) is 0 Å². The van der Waals surface area contributed by atoms with E-state index in [0.717, 1.165) is 6.07 Å². The van der Waals surface area contributed by atoms with Gasteiger partial charge in [-0.25, -0.2) is 13.2 Å². The molecule has 0 spiro atoms. The third-order valence-corrected chi connectivity index (χ3v) is 1.97. The predicted molar refractivity (Wildman–Crippen MR) is 46.7 cm³/mol. The third kappa shape index (κ3) is 2.26. The Morgan fingerprint density at radius 3 is 2.50 bits per heavy atom. The molecule has 0 bridgehead atoms. The van der Waals surface area contributed by atoms with Gasteiger partial charge in [-0.05, 0) is 36.6 Å². The summed E-state index contributed by atoms with van der Waals surface area (Å²) < 4.78 is 38.7. The summed E-state index contributed by atoms with van der Waals surface area (Å²) in [7, 11) is 0. The Hall–Kier alpha value is -1.03. The van der Waals surface area contributed by atoms with Gasteiger partial charge in [-0.3, -0.25) is 0 Å². The third-order valence-electron chi connectivity index (χ3n) is 1.97. The van der Waals surface area contributed by atoms with E-state index in [1.807, 2.05) is 0 Å². The molecule has 0 aromatic heterocycles. The van der Waals surface area contributed by atoms with Crippen molar-refractivity contribution in [3.05, 3.63) is 34.9 Å². The van der Waals surface area contributed by atoms with Crippen LogP contribution in [0.25, 0.3) is 0 Å². The molecule has 14 heavy (non-hydrogen) atoms. The van der Waals surface area contributed by atoms with Gasteiger partial charge in [0.05, 0.1) is 0 Å². The molecule has 0 saturated carbocycles. The van der Waals surface area contributed by atoms with Crippen molar-refractivity contribution in [1.29, 1.82) is 0 Å². The average molecular weight is 204 g/mol. The highest BCUT2D eigenvalue weighted by Crippen LogP contribution is 2.22. The molecule has 0 aliphatic rings. The number of aliphatic hydroxyl groups excluding tert-OH is 1. The van der Waals surface area contributed by atoms with Gasteiger partial charge in [-0.2, -0.15) is 0 Å². The van der Waals surface area contributed by atoms with Crippen LogP contribution in [-0.4, -0.2) is 11.7 Å². The van der Waals surface area contributed by atoms with Crippen molar-refractivity contribution < 1.29 is 18.3 Å². The summed E-state index contributed by atoms with van der Waals surface area (Å²) in [5, 5.41) is 8.58. The van der Waals surface area contributed by atoms with Crippen LogP contribution in [0.3, 0.4) is 0 Å². The molecule has 1 aromatic carbocycles. The quantitative estimate of drug-likeness (QED) is 0.802. The second kappa shape index (κ2) is 4.46. The van der Waals surface area contributed by atoms with E-state index in [2.05, 4.69) is 0 Å². The number of rotatable bonds is 3. The fraction of sp³-hybridized carbons (Fsp3) is 0.400. The highest BCUT2D eigenvalue weighted by atomic mass is 19.2. The molecule has 1 nitrogen and oxygen atoms in total. The molecular weight excluding hydrogens is 193 g/mol. The lowest BCUT2D eigenvalue weighted by molar-refractivity contribution is 0.296. The van der Waals surface area contributed by atoms with Crippen LogP contribution < -0.4 is 0 Å². The Balaban J connectivity index is 3.14. The van der Waals surface area contributed by atoms with Crippen LogP contribution in [0.2, 0.25) is 0 Å². The fourth-order valence-electron chi connectivity index (χ4n) is 1.20. The van der Waals surface area contributed by atoms with E-state index in [9.17, 15) is 13.2 Å². The van der Waals surface area contributed by atoms with Gasteiger partial charge in [0, 0.05) is 6.61 Å². The Morgan fingerprint density at radius 2 is 2.00 bits per heavy atom. The molecule has 0 aliphatic heterocycles. The van der Waals surface area contributed by atoms with Crippen LogP contribution in [0.15, 0.2) is 12.1 Å². The minimum atomic E-state index is -1.34. The SMILES string of the molecule is CC(F)c1cc(F)c(F)c(CCO)c1. The second-order valence-corrected chi connectivity index (χ2v) is 3.07. The molecule has 1 unspecified atom stereocenters. The van der Waals surface area contributed by atoms with E-state index in [4.69, 9.17) is 5.11 Å². The van der Waals surface area contributed by atoms with Gasteiger partial charge in [0.1, 0.15) is 6.17 Å². The monoisotopic (exact) mass is 204 g/mol. The Morgan fingerprint density at radius 1 is 1.36 bits per heavy atom. The molecule has 78 valence electrons. The molecule has 1 atom stereocenters. The molecule has 0 aliphatic carbocycles. The first-order chi connectivity index (χ1) is 6.56. The van der Waals surface area contributed by atoms with Crippen LogP contribution in [0.4, 0.5) is 13.2 Å². The van der Waals surface area contributed by atoms with Gasteiger partial charge < -0.3 is 5.11 Å². The second-order valence-electron chi connectivity index (χ2n) is 3.07. The Labute approximate surface area is 80.2 Å². The van der Waals surface area contributed by atoms with Crippen molar-refractivity contribution >= 4 is 0 Å². The van der Waals surface area contributed by atoms with E-state index in [0.29, 0.717) is 0 Å². The summed E-state index contributed by atoms with van der Waals surface area (Å²) in [6.45, 7) is 0.954. The topological polar surface area (TPSA) is 20.2 Å². The van der Waals surface area contributed by atoms with Crippen LogP contribution in [0.5, 0.6) is 0 Å². The maximum absolute atomic E-state index is 13.0. The van der Waals surface area contributed by atoms with E-state index in [1.54, 1.807) is 0 Å². The number of aliphatic hydroxyl groups is 1. The lowest BCUT2D eigenvalue weighted by Gasteiger charge is -2.07. The van der Waals surface area contributed by atoms with E-state index in [-0.39, 0.29) is 24.2 Å². The molecule has 0 radical (unpaired) electrons. The minimum Gasteiger partial charge on any atom is -0.396 e. The number of hydrogen-bond acceptors (Lipinski definition) is 1. The molecule has 0 amide bonds. The van der Waals surface area contributed by atoms with Crippen LogP contribution in [0, 0.1) is 11.6 Å². The highest BCUT2D eigenvalue weighted by Gasteiger charge is 2.13. The first-order valence-corrected chi connectivity index (χ1v) is 4.29. The number of benzene rings is 1. The molecule has 0 saturated heterocycles. The maximum atomic E-state index is 13.0. The Bertz CT molecular complexity index is 323. The molecule has 1 rings (SSSR count). The smallest absolute Gasteiger partial charge is 0.162 e. The largest absolute Gasteiger partial charge is 0.396 e. The molecular formula is C10H11F3O. The number of alkyl halides is 1. The minimum absolute atomic E-state index is 0.00648. The number of hydrogen-bond donors (Lipinski definition) is 1. The lowest BCUT2D eigenvalue weighted by Crippen LogP contribution is -2.01. The zero-order chi connectivity index (χ0) is 10.7. The summed E-state index contributed by atoms with van der Waals surface area (Å²) in [5.41, 5.74) is 0.0966. The maximum Gasteiger partial charge on any atom is 0.162 e. The average Bonchev–Trinajstić information content (AvgIpc) is 2.12. The van der Waals surface area contributed by atoms with Gasteiger partial charge in [-0.1, -0.05) is 0 Å². The van der Waals surface area contributed by atoms with Crippen LogP contribution in [0.1, 0.15) is 24.2 Å². The fourth-order valence-corrected chi connectivity index (χ4v) is 1.20. The van der Waals surface area contributed by atoms with Crippen molar-refractivity contribution in [2.75, 3.05) is 6.61 Å². The summed E-state index contributed by atoms with van der Waals surface area (Å²) in [5.74, 6) is -2.08. The van der Waals surface area contributed by atoms with Crippen LogP contribution >= 0.6 is 0 Å². The van der Waals surface area contributed by atoms with Crippen LogP contribution in [-0.2, 0) is 6.42 Å². The zero-order valence-corrected chi connectivity index (χ0v) is 7.73. The molecule has 4 heteroatoms. The van der Waals surface area contributed by atoms with Crippen molar-refractivity contribution in [3.63, 3.8) is 0 Å². The number of halogens is 3. The highest BCUT2D eigenvalue weighted by molar-refractivity contribution is 5.28. The van der Waals surface area contributed by atoms with Gasteiger partial charge >= 0.3 is 0 Å². The van der Waals surface area contributed by atoms with Crippen molar-refractivity contribution in [3.8, 4) is 0 Å². The summed E-state index contributed by atoms with van der Waals surface area (Å²) >= 11 is 0. The molecule has 1 aromatic rings. The first kappa shape index (κ1) is 11.0. The molecule has 0 fully saturated rings. The van der Waals surface area contributed by atoms with Gasteiger partial charge in [-0.15, -0.1) is 0 Å². The van der Waals surface area contributed by atoms with Crippen molar-refractivity contribution in [1.82, 2.24) is 0 Å². The summed E-state index contributed by atoms with van der Waals surface area (Å²) in [6, 6.07) is 2.07. The summed E-state index contributed by atoms with van der Waals surface area (Å²) in [4.78, 5) is 0. The molecule has 0 heterocycles. The lowest BCUT2D eigenvalue weighted by atomic mass is 10.0. The van der Waals surface area contributed by atoms with Gasteiger partial charge in [0.2, 0.25) is 0 Å². The van der Waals surface area contributed by atoms with Crippen molar-refractivity contribution in [2.45, 2.75) is 19.5 Å². The van der Waals surface area contributed by atoms with Gasteiger partial charge in [0.15, 0.2) is 11.6 Å². The molecule has 1 N–H and O–H groups in total. The summed E-state index contributed by atoms with van der Waals surface area (Å²) in [6.07, 6.45) is -1.36. The standard InChI is InChI=1S/C10H11F3O/c1-6(11)8-4-7(2-3-14)10(13)9(12)5-8/h4-6,14H,2-3H2,1H3. The van der Waals surface area contributed by atoms with E-state index in [1.165, 1.54) is 13.0 Å². The van der Waals surface area contributed by atoms with E-state index < -0.39 is 17.8 Å². The van der Waals surface area contributed by atoms with E-state index >= 15 is 0 Å². The normalized spacial score (nSPS) is 12.9.